The van der Waals surface area contributed by atoms with E-state index in [4.69, 9.17) is 0 Å². The zero-order valence-corrected chi connectivity index (χ0v) is 43.6. The highest BCUT2D eigenvalue weighted by Crippen LogP contribution is 2.95. The molecule has 1 saturated heterocycles. The fraction of sp³-hybridized carbons (Fsp3) is 0.923. The van der Waals surface area contributed by atoms with Gasteiger partial charge in [0.05, 0.1) is 78.1 Å². The average Bonchev–Trinajstić information content (AvgIpc) is 3.07. The average molecular weight is 756 g/mol. The van der Waals surface area contributed by atoms with Gasteiger partial charge in [0.1, 0.15) is 13.6 Å². The van der Waals surface area contributed by atoms with Crippen LogP contribution in [-0.4, -0.2) is 83.5 Å². The summed E-state index contributed by atoms with van der Waals surface area (Å²) in [4.78, 5) is 4.34. The minimum absolute atomic E-state index is 0.262. The molecule has 0 aromatic heterocycles. The van der Waals surface area contributed by atoms with Crippen molar-refractivity contribution in [3.05, 3.63) is 9.87 Å². The summed E-state index contributed by atoms with van der Waals surface area (Å²) >= 11 is 0. The molecule has 0 N–H and O–H groups in total. The van der Waals surface area contributed by atoms with E-state index < -0.39 is 75.3 Å². The van der Waals surface area contributed by atoms with Gasteiger partial charge in [-0.05, 0) is 9.87 Å². The van der Waals surface area contributed by atoms with Gasteiger partial charge in [-0.1, -0.05) is 157 Å². The Hall–Kier alpha value is 2.69. The summed E-state index contributed by atoms with van der Waals surface area (Å²) in [5, 5.41) is 0. The third-order valence-electron chi connectivity index (χ3n) is 9.88. The predicted octanol–water partition coefficient (Wildman–Crippen LogP) is 11.6. The Morgan fingerprint density at radius 3 is 0.550 bits per heavy atom. The normalized spacial score (nSPS) is 23.7. The zero-order chi connectivity index (χ0) is 32.5. The van der Waals surface area contributed by atoms with Gasteiger partial charge in [0, 0.05) is 0 Å². The summed E-state index contributed by atoms with van der Waals surface area (Å²) in [5.74, 6) is 0. The quantitative estimate of drug-likeness (QED) is 0.162. The summed E-state index contributed by atoms with van der Waals surface area (Å²) < 4.78 is 7.40. The van der Waals surface area contributed by atoms with Gasteiger partial charge in [-0.3, -0.25) is 8.21 Å². The Morgan fingerprint density at radius 1 is 0.300 bits per heavy atom. The first-order chi connectivity index (χ1) is 17.0. The van der Waals surface area contributed by atoms with Gasteiger partial charge in [0.25, 0.3) is 0 Å². The van der Waals surface area contributed by atoms with Crippen molar-refractivity contribution in [1.29, 1.82) is 0 Å². The Kier molecular flexibility index (Phi) is 10.3. The highest BCUT2D eigenvalue weighted by Gasteiger charge is 2.81. The molecule has 0 unspecified atom stereocenters. The number of hydrogen-bond acceptors (Lipinski definition) is 2. The van der Waals surface area contributed by atoms with Crippen molar-refractivity contribution in [3.8, 4) is 0 Å². The Balaban J connectivity index is 3.28. The molecule has 3 rings (SSSR count). The van der Waals surface area contributed by atoms with Gasteiger partial charge in [0.2, 0.25) is 0 Å². The second-order valence-corrected chi connectivity index (χ2v) is 118. The van der Waals surface area contributed by atoms with Crippen LogP contribution < -0.4 is 0 Å². The Morgan fingerprint density at radius 2 is 0.450 bits per heavy atom. The second-order valence-electron chi connectivity index (χ2n) is 21.3. The van der Waals surface area contributed by atoms with Crippen LogP contribution in [0.3, 0.4) is 0 Å². The van der Waals surface area contributed by atoms with E-state index in [0.29, 0.717) is 0 Å². The van der Waals surface area contributed by atoms with E-state index in [2.05, 4.69) is 175 Å². The van der Waals surface area contributed by atoms with Crippen LogP contribution in [0.1, 0.15) is 0 Å². The molecule has 2 bridgehead atoms. The van der Waals surface area contributed by atoms with Gasteiger partial charge in [0.15, 0.2) is 0 Å². The van der Waals surface area contributed by atoms with Gasteiger partial charge in [-0.15, -0.1) is 0 Å². The van der Waals surface area contributed by atoms with E-state index in [1.165, 1.54) is 0 Å². The fourth-order valence-corrected chi connectivity index (χ4v) is 271. The fourth-order valence-electron chi connectivity index (χ4n) is 11.3. The van der Waals surface area contributed by atoms with E-state index in [-0.39, 0.29) is 16.4 Å². The number of nitrogens with zero attached hydrogens (tertiary/aromatic N) is 2. The van der Waals surface area contributed by atoms with Gasteiger partial charge in [-0.2, -0.15) is 0 Å². The Labute approximate surface area is 265 Å². The monoisotopic (exact) mass is 754 g/mol. The van der Waals surface area contributed by atoms with Gasteiger partial charge in [-0.25, -0.2) is 0 Å². The van der Waals surface area contributed by atoms with Crippen LogP contribution in [0.5, 0.6) is 0 Å². The largest absolute Gasteiger partial charge is 0.259 e. The first-order valence-corrected chi connectivity index (χ1v) is 56.3. The SMILES string of the molecule is C[Si](C)(C)C1=C([Si](C)(C)C)P2N([Si]([Si](C)(C)C)([Si](C)(C)C)[Si](C)(C)C)P1N2[Si]([Si](C)(C)C)([Si](C)(C)C)[Si](C)(C)C. The van der Waals surface area contributed by atoms with Gasteiger partial charge >= 0.3 is 0 Å². The van der Waals surface area contributed by atoms with Crippen molar-refractivity contribution < 1.29 is 0 Å². The molecule has 0 spiro atoms. The lowest BCUT2D eigenvalue weighted by atomic mass is 11.2. The molecule has 236 valence electrons. The van der Waals surface area contributed by atoms with E-state index in [0.717, 1.165) is 0 Å². The third kappa shape index (κ3) is 5.43. The first-order valence-electron chi connectivity index (χ1n) is 15.9. The lowest BCUT2D eigenvalue weighted by molar-refractivity contribution is 0.885. The van der Waals surface area contributed by atoms with Crippen molar-refractivity contribution in [2.75, 3.05) is 0 Å². The maximum absolute atomic E-state index is 3.70. The minimum atomic E-state index is -1.68. The molecule has 0 aromatic carbocycles. The maximum Gasteiger partial charge on any atom is 0.114 e. The summed E-state index contributed by atoms with van der Waals surface area (Å²) in [7, 11) is -12.2. The molecule has 3 aliphatic heterocycles. The van der Waals surface area contributed by atoms with Gasteiger partial charge < -0.3 is 0 Å². The Bertz CT molecular complexity index is 862. The second kappa shape index (κ2) is 10.6. The van der Waals surface area contributed by atoms with Crippen LogP contribution in [0.2, 0.25) is 157 Å². The summed E-state index contributed by atoms with van der Waals surface area (Å²) in [6.07, 6.45) is 0. The first kappa shape index (κ1) is 38.9. The highest BCUT2D eigenvalue weighted by atomic mass is 31.3. The van der Waals surface area contributed by atoms with E-state index in [1.807, 2.05) is 0 Å². The molecule has 3 aliphatic rings. The molecule has 0 saturated carbocycles. The highest BCUT2D eigenvalue weighted by molar-refractivity contribution is 8.10. The van der Waals surface area contributed by atoms with Crippen molar-refractivity contribution in [3.63, 3.8) is 0 Å². The molecule has 2 nitrogen and oxygen atoms in total. The maximum atomic E-state index is 3.70. The van der Waals surface area contributed by atoms with Crippen LogP contribution >= 0.6 is 16.4 Å². The van der Waals surface area contributed by atoms with E-state index in [1.54, 1.807) is 0 Å². The lowest BCUT2D eigenvalue weighted by Gasteiger charge is -2.76. The van der Waals surface area contributed by atoms with Crippen LogP contribution in [0.4, 0.5) is 0 Å². The molecule has 0 aromatic rings. The van der Waals surface area contributed by atoms with E-state index >= 15 is 0 Å². The predicted molar refractivity (Wildman–Crippen MR) is 223 cm³/mol. The molecule has 40 heavy (non-hydrogen) atoms. The summed E-state index contributed by atoms with van der Waals surface area (Å²) in [6, 6.07) is 0. The molecule has 1 fully saturated rings. The molecule has 0 amide bonds. The smallest absolute Gasteiger partial charge is 0.114 e. The third-order valence-corrected chi connectivity index (χ3v) is 175. The van der Waals surface area contributed by atoms with Crippen LogP contribution in [0.25, 0.3) is 0 Å². The van der Waals surface area contributed by atoms with Crippen LogP contribution in [0.15, 0.2) is 9.87 Å². The molecule has 0 aliphatic carbocycles. The minimum Gasteiger partial charge on any atom is -0.259 e. The summed E-state index contributed by atoms with van der Waals surface area (Å²) in [6.45, 7) is 64.8. The molecule has 0 radical (unpaired) electrons. The molecular weight excluding hydrogens is 683 g/mol. The zero-order valence-electron chi connectivity index (χ0n) is 31.8. The van der Waals surface area contributed by atoms with Crippen LogP contribution in [0, 0.1) is 0 Å². The van der Waals surface area contributed by atoms with Crippen molar-refractivity contribution >= 4 is 91.7 Å². The molecule has 3 heterocycles. The standard InChI is InChI=1S/C26H72N2P2Si10/c1-31(2,3)25-26(32(4,5)6)30-27(39(33(7,8)9,34(10,11)12)35(13,14)15)29(25)28(30)40(36(16,17)18,37(19,20)21)38(22,23)24/h1-24H3. The number of rotatable bonds is 10. The van der Waals surface area contributed by atoms with Crippen molar-refractivity contribution in [2.45, 2.75) is 157 Å². The summed E-state index contributed by atoms with van der Waals surface area (Å²) in [5.41, 5.74) is 0. The molecule has 0 atom stereocenters. The van der Waals surface area contributed by atoms with Crippen molar-refractivity contribution in [2.24, 2.45) is 0 Å². The van der Waals surface area contributed by atoms with E-state index in [9.17, 15) is 0 Å². The molecular formula is C26H72N2P2Si10. The lowest BCUT2D eigenvalue weighted by Crippen LogP contribution is -2.93. The van der Waals surface area contributed by atoms with Crippen molar-refractivity contribution in [1.82, 2.24) is 8.21 Å². The number of hydrogen-bond donors (Lipinski definition) is 0. The molecule has 14 heteroatoms. The topological polar surface area (TPSA) is 6.48 Å². The van der Waals surface area contributed by atoms with Crippen LogP contribution in [-0.2, 0) is 0 Å².